The maximum absolute atomic E-state index is 13.4. The molecular formula is C25H25BrI2N4O4. The number of hydrogen-bond acceptors (Lipinski definition) is 6. The predicted molar refractivity (Wildman–Crippen MR) is 160 cm³/mol. The molecule has 2 aromatic carbocycles. The minimum Gasteiger partial charge on any atom is -0.482 e. The van der Waals surface area contributed by atoms with Crippen LogP contribution in [0.5, 0.6) is 5.75 Å². The lowest BCUT2D eigenvalue weighted by Gasteiger charge is -2.26. The first-order chi connectivity index (χ1) is 17.0. The van der Waals surface area contributed by atoms with Crippen LogP contribution in [-0.2, 0) is 14.9 Å². The summed E-state index contributed by atoms with van der Waals surface area (Å²) < 4.78 is 15.1. The molecule has 1 saturated heterocycles. The standard InChI is InChI=1S/C25H25BrI2N4O4/c1-25(2,3)24-30-20-5-4-16(26)12-17(20)23(34)32(24)29-13-15-10-18(27)22(19(28)11-15)36-14-21(33)31-6-8-35-9-7-31/h4-5,10-13H,6-9,14H2,1-3H3. The van der Waals surface area contributed by atoms with E-state index in [9.17, 15) is 9.59 Å². The highest BCUT2D eigenvalue weighted by atomic mass is 127. The maximum atomic E-state index is 13.4. The molecule has 4 rings (SSSR count). The summed E-state index contributed by atoms with van der Waals surface area (Å²) in [5.41, 5.74) is 0.813. The summed E-state index contributed by atoms with van der Waals surface area (Å²) in [6, 6.07) is 9.29. The minimum atomic E-state index is -0.397. The third kappa shape index (κ3) is 6.27. The van der Waals surface area contributed by atoms with Crippen LogP contribution in [0, 0.1) is 7.14 Å². The number of aromatic nitrogens is 2. The fourth-order valence-electron chi connectivity index (χ4n) is 3.70. The first kappa shape index (κ1) is 27.5. The molecule has 0 aliphatic carbocycles. The minimum absolute atomic E-state index is 0.0257. The number of halogens is 3. The molecule has 0 atom stereocenters. The SMILES string of the molecule is CC(C)(C)c1nc2ccc(Br)cc2c(=O)n1N=Cc1cc(I)c(OCC(=O)N2CCOCC2)c(I)c1. The van der Waals surface area contributed by atoms with Gasteiger partial charge in [0.1, 0.15) is 11.6 Å². The Hall–Kier alpha value is -1.58. The topological polar surface area (TPSA) is 86.0 Å². The molecule has 0 spiro atoms. The van der Waals surface area contributed by atoms with E-state index in [1.54, 1.807) is 17.2 Å². The summed E-state index contributed by atoms with van der Waals surface area (Å²) in [4.78, 5) is 32.3. The molecule has 1 fully saturated rings. The largest absolute Gasteiger partial charge is 0.482 e. The molecule has 0 N–H and O–H groups in total. The van der Waals surface area contributed by atoms with Crippen molar-refractivity contribution in [3.8, 4) is 5.75 Å². The molecule has 2 heterocycles. The number of morpholine rings is 1. The van der Waals surface area contributed by atoms with Crippen LogP contribution >= 0.6 is 61.1 Å². The van der Waals surface area contributed by atoms with E-state index in [0.717, 1.165) is 17.2 Å². The Balaban J connectivity index is 1.62. The normalized spacial score (nSPS) is 14.6. The van der Waals surface area contributed by atoms with Crippen LogP contribution < -0.4 is 10.3 Å². The van der Waals surface area contributed by atoms with Gasteiger partial charge < -0.3 is 14.4 Å². The third-order valence-corrected chi connectivity index (χ3v) is 7.62. The van der Waals surface area contributed by atoms with Gasteiger partial charge in [-0.25, -0.2) is 4.98 Å². The maximum Gasteiger partial charge on any atom is 0.282 e. The molecule has 1 aromatic heterocycles. The van der Waals surface area contributed by atoms with Crippen molar-refractivity contribution in [1.29, 1.82) is 0 Å². The predicted octanol–water partition coefficient (Wildman–Crippen LogP) is 4.79. The molecule has 3 aromatic rings. The second-order valence-corrected chi connectivity index (χ2v) is 12.5. The molecule has 1 aliphatic rings. The van der Waals surface area contributed by atoms with Gasteiger partial charge in [0.2, 0.25) is 0 Å². The Labute approximate surface area is 244 Å². The number of carbonyl (C=O) groups is 1. The number of carbonyl (C=O) groups excluding carboxylic acids is 1. The van der Waals surface area contributed by atoms with Crippen molar-refractivity contribution in [3.63, 3.8) is 0 Å². The Morgan fingerprint density at radius 2 is 1.86 bits per heavy atom. The molecule has 11 heteroatoms. The summed E-state index contributed by atoms with van der Waals surface area (Å²) in [5, 5.41) is 5.04. The van der Waals surface area contributed by atoms with Crippen molar-refractivity contribution in [1.82, 2.24) is 14.6 Å². The van der Waals surface area contributed by atoms with Crippen LogP contribution in [0.1, 0.15) is 32.2 Å². The molecule has 1 aliphatic heterocycles. The van der Waals surface area contributed by atoms with E-state index in [2.05, 4.69) is 66.2 Å². The molecule has 1 amide bonds. The van der Waals surface area contributed by atoms with Gasteiger partial charge in [-0.05, 0) is 81.1 Å². The van der Waals surface area contributed by atoms with Crippen LogP contribution in [0.2, 0.25) is 0 Å². The zero-order valence-electron chi connectivity index (χ0n) is 20.1. The summed E-state index contributed by atoms with van der Waals surface area (Å²) in [5.74, 6) is 1.17. The average molecular weight is 779 g/mol. The van der Waals surface area contributed by atoms with Crippen LogP contribution in [0.4, 0.5) is 0 Å². The highest BCUT2D eigenvalue weighted by molar-refractivity contribution is 14.1. The van der Waals surface area contributed by atoms with Gasteiger partial charge in [0.25, 0.3) is 11.5 Å². The second-order valence-electron chi connectivity index (χ2n) is 9.30. The van der Waals surface area contributed by atoms with E-state index in [-0.39, 0.29) is 18.1 Å². The average Bonchev–Trinajstić information content (AvgIpc) is 2.83. The molecule has 190 valence electrons. The van der Waals surface area contributed by atoms with Crippen molar-refractivity contribution in [3.05, 3.63) is 63.7 Å². The number of amides is 1. The van der Waals surface area contributed by atoms with Gasteiger partial charge in [-0.3, -0.25) is 9.59 Å². The van der Waals surface area contributed by atoms with Crippen LogP contribution in [-0.4, -0.2) is 59.6 Å². The zero-order valence-corrected chi connectivity index (χ0v) is 26.0. The van der Waals surface area contributed by atoms with Gasteiger partial charge in [-0.2, -0.15) is 9.78 Å². The van der Waals surface area contributed by atoms with Gasteiger partial charge in [0.05, 0.1) is 37.5 Å². The number of nitrogens with zero attached hydrogens (tertiary/aromatic N) is 4. The van der Waals surface area contributed by atoms with Crippen molar-refractivity contribution in [2.75, 3.05) is 32.9 Å². The summed E-state index contributed by atoms with van der Waals surface area (Å²) in [6.45, 7) is 8.26. The molecule has 8 nitrogen and oxygen atoms in total. The monoisotopic (exact) mass is 778 g/mol. The van der Waals surface area contributed by atoms with Crippen molar-refractivity contribution < 1.29 is 14.3 Å². The number of ether oxygens (including phenoxy) is 2. The van der Waals surface area contributed by atoms with Gasteiger partial charge >= 0.3 is 0 Å². The molecule has 0 saturated carbocycles. The second kappa shape index (κ2) is 11.4. The molecule has 0 bridgehead atoms. The van der Waals surface area contributed by atoms with E-state index in [1.165, 1.54) is 4.68 Å². The van der Waals surface area contributed by atoms with Crippen molar-refractivity contribution in [2.45, 2.75) is 26.2 Å². The molecule has 36 heavy (non-hydrogen) atoms. The Morgan fingerprint density at radius 3 is 2.50 bits per heavy atom. The third-order valence-electron chi connectivity index (χ3n) is 5.53. The lowest BCUT2D eigenvalue weighted by Crippen LogP contribution is -2.43. The number of rotatable bonds is 5. The highest BCUT2D eigenvalue weighted by Gasteiger charge is 2.23. The lowest BCUT2D eigenvalue weighted by molar-refractivity contribution is -0.137. The van der Waals surface area contributed by atoms with E-state index in [4.69, 9.17) is 14.5 Å². The molecular weight excluding hydrogens is 754 g/mol. The fourth-order valence-corrected chi connectivity index (χ4v) is 6.18. The van der Waals surface area contributed by atoms with Crippen LogP contribution in [0.25, 0.3) is 10.9 Å². The first-order valence-corrected chi connectivity index (χ1v) is 14.2. The van der Waals surface area contributed by atoms with Crippen molar-refractivity contribution in [2.24, 2.45) is 5.10 Å². The lowest BCUT2D eigenvalue weighted by atomic mass is 9.95. The van der Waals surface area contributed by atoms with E-state index in [1.807, 2.05) is 45.0 Å². The van der Waals surface area contributed by atoms with Gasteiger partial charge in [0.15, 0.2) is 6.61 Å². The summed E-state index contributed by atoms with van der Waals surface area (Å²) in [6.07, 6.45) is 1.65. The van der Waals surface area contributed by atoms with Crippen LogP contribution in [0.3, 0.4) is 0 Å². The van der Waals surface area contributed by atoms with Crippen LogP contribution in [0.15, 0.2) is 44.7 Å². The zero-order chi connectivity index (χ0) is 26.0. The summed E-state index contributed by atoms with van der Waals surface area (Å²) >= 11 is 7.81. The van der Waals surface area contributed by atoms with E-state index >= 15 is 0 Å². The van der Waals surface area contributed by atoms with Gasteiger partial charge in [-0.15, -0.1) is 0 Å². The van der Waals surface area contributed by atoms with Gasteiger partial charge in [-0.1, -0.05) is 36.7 Å². The van der Waals surface area contributed by atoms with E-state index in [0.29, 0.717) is 48.8 Å². The van der Waals surface area contributed by atoms with E-state index < -0.39 is 5.41 Å². The quantitative estimate of drug-likeness (QED) is 0.275. The van der Waals surface area contributed by atoms with Crippen molar-refractivity contribution >= 4 is 84.1 Å². The highest BCUT2D eigenvalue weighted by Crippen LogP contribution is 2.29. The Kier molecular flexibility index (Phi) is 8.72. The molecule has 0 unspecified atom stereocenters. The van der Waals surface area contributed by atoms with Gasteiger partial charge in [0, 0.05) is 23.0 Å². The smallest absolute Gasteiger partial charge is 0.282 e. The number of fused-ring (bicyclic) bond motifs is 1. The first-order valence-electron chi connectivity index (χ1n) is 11.3. The number of hydrogen-bond donors (Lipinski definition) is 0. The Bertz CT molecular complexity index is 1370. The fraction of sp³-hybridized carbons (Fsp3) is 0.360. The number of benzene rings is 2. The summed E-state index contributed by atoms with van der Waals surface area (Å²) in [7, 11) is 0. The Morgan fingerprint density at radius 1 is 1.19 bits per heavy atom. The molecule has 0 radical (unpaired) electrons.